The molecule has 1 atom stereocenters. The number of methoxy groups -OCH3 is 1. The van der Waals surface area contributed by atoms with Crippen LogP contribution >= 0.6 is 0 Å². The van der Waals surface area contributed by atoms with E-state index in [9.17, 15) is 9.59 Å². The molecule has 0 radical (unpaired) electrons. The van der Waals surface area contributed by atoms with Crippen molar-refractivity contribution in [3.8, 4) is 23.0 Å². The van der Waals surface area contributed by atoms with Gasteiger partial charge >= 0.3 is 0 Å². The number of pyridine rings is 1. The highest BCUT2D eigenvalue weighted by molar-refractivity contribution is 5.97. The molecule has 0 unspecified atom stereocenters. The number of aromatic amines is 1. The molecule has 0 saturated carbocycles. The minimum atomic E-state index is -0.297. The Balaban J connectivity index is 1.85. The molecule has 0 bridgehead atoms. The summed E-state index contributed by atoms with van der Waals surface area (Å²) in [7, 11) is 1.63. The Morgan fingerprint density at radius 2 is 2.10 bits per heavy atom. The first-order valence-electron chi connectivity index (χ1n) is 9.57. The van der Waals surface area contributed by atoms with Crippen LogP contribution in [-0.2, 0) is 11.2 Å². The summed E-state index contributed by atoms with van der Waals surface area (Å²) in [5, 5.41) is 14.4. The Labute approximate surface area is 174 Å². The normalized spacial score (nSPS) is 11.6. The maximum absolute atomic E-state index is 12.6. The topological polar surface area (TPSA) is 113 Å². The number of carbonyl (C=O) groups is 1. The van der Waals surface area contributed by atoms with E-state index >= 15 is 0 Å². The number of carbonyl (C=O) groups excluding carboxylic acids is 1. The second kappa shape index (κ2) is 9.67. The second-order valence-electron chi connectivity index (χ2n) is 6.85. The van der Waals surface area contributed by atoms with Crippen molar-refractivity contribution in [2.45, 2.75) is 25.9 Å². The minimum absolute atomic E-state index is 0.0431. The summed E-state index contributed by atoms with van der Waals surface area (Å²) < 4.78 is 6.64. The van der Waals surface area contributed by atoms with Gasteiger partial charge in [-0.2, -0.15) is 5.26 Å². The monoisotopic (exact) mass is 405 g/mol. The van der Waals surface area contributed by atoms with Crippen LogP contribution in [-0.4, -0.2) is 40.4 Å². The van der Waals surface area contributed by atoms with Crippen molar-refractivity contribution in [1.82, 2.24) is 20.1 Å². The molecule has 1 aromatic carbocycles. The lowest BCUT2D eigenvalue weighted by molar-refractivity contribution is 0.0917. The maximum Gasteiger partial charge on any atom is 0.272 e. The highest BCUT2D eigenvalue weighted by Crippen LogP contribution is 2.18. The van der Waals surface area contributed by atoms with Gasteiger partial charge < -0.3 is 10.1 Å². The molecule has 0 aliphatic carbocycles. The summed E-state index contributed by atoms with van der Waals surface area (Å²) in [6.45, 7) is 2.39. The summed E-state index contributed by atoms with van der Waals surface area (Å²) >= 11 is 0. The molecule has 154 valence electrons. The molecule has 3 rings (SSSR count). The number of ether oxygens (including phenoxy) is 1. The third kappa shape index (κ3) is 4.82. The first-order valence-corrected chi connectivity index (χ1v) is 9.57. The van der Waals surface area contributed by atoms with E-state index in [0.717, 1.165) is 5.56 Å². The third-order valence-electron chi connectivity index (χ3n) is 4.77. The van der Waals surface area contributed by atoms with Crippen LogP contribution in [0.1, 0.15) is 29.3 Å². The maximum atomic E-state index is 12.6. The van der Waals surface area contributed by atoms with E-state index in [4.69, 9.17) is 10.00 Å². The van der Waals surface area contributed by atoms with Crippen LogP contribution in [0, 0.1) is 11.3 Å². The number of nitriles is 1. The van der Waals surface area contributed by atoms with Crippen LogP contribution in [0.4, 0.5) is 0 Å². The number of nitrogens with zero attached hydrogens (tertiary/aromatic N) is 3. The molecule has 30 heavy (non-hydrogen) atoms. The zero-order valence-corrected chi connectivity index (χ0v) is 16.9. The number of hydrogen-bond acceptors (Lipinski definition) is 5. The Bertz CT molecular complexity index is 1110. The Morgan fingerprint density at radius 1 is 1.33 bits per heavy atom. The van der Waals surface area contributed by atoms with E-state index in [2.05, 4.69) is 21.5 Å². The van der Waals surface area contributed by atoms with Crippen molar-refractivity contribution in [1.29, 1.82) is 5.26 Å². The molecule has 0 aliphatic rings. The lowest BCUT2D eigenvalue weighted by Gasteiger charge is -2.12. The van der Waals surface area contributed by atoms with Crippen molar-refractivity contribution in [3.05, 3.63) is 70.3 Å². The van der Waals surface area contributed by atoms with Crippen molar-refractivity contribution >= 4 is 5.91 Å². The fourth-order valence-corrected chi connectivity index (χ4v) is 2.97. The fourth-order valence-electron chi connectivity index (χ4n) is 2.97. The number of hydrogen-bond donors (Lipinski definition) is 2. The number of amides is 1. The van der Waals surface area contributed by atoms with E-state index in [0.29, 0.717) is 41.9 Å². The molecule has 2 aromatic heterocycles. The first kappa shape index (κ1) is 21.0. The van der Waals surface area contributed by atoms with Gasteiger partial charge in [0, 0.05) is 26.0 Å². The molecule has 1 amide bonds. The summed E-state index contributed by atoms with van der Waals surface area (Å²) in [5.74, 6) is 0.0533. The number of rotatable bonds is 8. The Hall–Kier alpha value is -3.70. The predicted octanol–water partition coefficient (Wildman–Crippen LogP) is 2.45. The van der Waals surface area contributed by atoms with Gasteiger partial charge in [0.1, 0.15) is 0 Å². The van der Waals surface area contributed by atoms with Gasteiger partial charge in [-0.3, -0.25) is 14.7 Å². The van der Waals surface area contributed by atoms with Gasteiger partial charge in [-0.25, -0.2) is 9.67 Å². The average molecular weight is 405 g/mol. The largest absolute Gasteiger partial charge is 0.382 e. The average Bonchev–Trinajstić information content (AvgIpc) is 3.15. The van der Waals surface area contributed by atoms with Gasteiger partial charge in [0.25, 0.3) is 11.5 Å². The zero-order chi connectivity index (χ0) is 21.5. The number of aromatic nitrogens is 3. The number of H-pyrrole nitrogens is 1. The molecule has 3 aromatic rings. The molecular formula is C22H23N5O3. The Kier molecular flexibility index (Phi) is 6.78. The van der Waals surface area contributed by atoms with Crippen LogP contribution in [0.2, 0.25) is 0 Å². The first-order chi connectivity index (χ1) is 14.5. The summed E-state index contributed by atoms with van der Waals surface area (Å²) in [5.41, 5.74) is 2.10. The zero-order valence-electron chi connectivity index (χ0n) is 16.9. The molecule has 0 saturated heterocycles. The highest BCUT2D eigenvalue weighted by Gasteiger charge is 2.16. The second-order valence-corrected chi connectivity index (χ2v) is 6.85. The van der Waals surface area contributed by atoms with Gasteiger partial charge in [0.05, 0.1) is 29.7 Å². The smallest absolute Gasteiger partial charge is 0.272 e. The fraction of sp³-hybridized carbons (Fsp3) is 0.273. The van der Waals surface area contributed by atoms with Gasteiger partial charge in [-0.1, -0.05) is 24.3 Å². The molecule has 8 heteroatoms. The molecule has 8 nitrogen and oxygen atoms in total. The van der Waals surface area contributed by atoms with Crippen molar-refractivity contribution in [2.75, 3.05) is 13.7 Å². The Morgan fingerprint density at radius 3 is 2.80 bits per heavy atom. The summed E-state index contributed by atoms with van der Waals surface area (Å²) in [6.07, 6.45) is 4.22. The summed E-state index contributed by atoms with van der Waals surface area (Å²) in [4.78, 5) is 29.4. The minimum Gasteiger partial charge on any atom is -0.382 e. The van der Waals surface area contributed by atoms with Crippen LogP contribution in [0.3, 0.4) is 0 Å². The van der Waals surface area contributed by atoms with E-state index in [-0.39, 0.29) is 17.6 Å². The summed E-state index contributed by atoms with van der Waals surface area (Å²) in [6, 6.07) is 12.7. The van der Waals surface area contributed by atoms with Crippen LogP contribution < -0.4 is 10.9 Å². The molecule has 2 N–H and O–H groups in total. The third-order valence-corrected chi connectivity index (χ3v) is 4.77. The van der Waals surface area contributed by atoms with Crippen molar-refractivity contribution < 1.29 is 9.53 Å². The van der Waals surface area contributed by atoms with E-state index in [1.54, 1.807) is 43.8 Å². The molecule has 2 heterocycles. The lowest BCUT2D eigenvalue weighted by atomic mass is 10.1. The number of benzene rings is 1. The molecule has 0 aliphatic heterocycles. The van der Waals surface area contributed by atoms with E-state index in [1.165, 1.54) is 4.68 Å². The van der Waals surface area contributed by atoms with E-state index in [1.807, 2.05) is 19.1 Å². The van der Waals surface area contributed by atoms with Crippen LogP contribution in [0.25, 0.3) is 16.9 Å². The van der Waals surface area contributed by atoms with E-state index < -0.39 is 0 Å². The van der Waals surface area contributed by atoms with Crippen LogP contribution in [0.15, 0.2) is 53.6 Å². The highest BCUT2D eigenvalue weighted by atomic mass is 16.5. The van der Waals surface area contributed by atoms with Gasteiger partial charge in [0.2, 0.25) is 0 Å². The number of nitrogens with one attached hydrogen (secondary N) is 2. The molecular weight excluding hydrogens is 382 g/mol. The van der Waals surface area contributed by atoms with Gasteiger partial charge in [-0.15, -0.1) is 0 Å². The quantitative estimate of drug-likeness (QED) is 0.598. The van der Waals surface area contributed by atoms with Gasteiger partial charge in [0.15, 0.2) is 5.82 Å². The molecule has 0 fully saturated rings. The van der Waals surface area contributed by atoms with Crippen LogP contribution in [0.5, 0.6) is 0 Å². The molecule has 0 spiro atoms. The van der Waals surface area contributed by atoms with Crippen molar-refractivity contribution in [2.24, 2.45) is 0 Å². The SMILES string of the molecule is CO[C@H](C)CCNC(=O)c1cccnc1-n1cc(-c2ccc(CC#N)cc2)c(=O)[nH]1. The lowest BCUT2D eigenvalue weighted by Crippen LogP contribution is -2.28. The predicted molar refractivity (Wildman–Crippen MR) is 112 cm³/mol. The van der Waals surface area contributed by atoms with Crippen molar-refractivity contribution in [3.63, 3.8) is 0 Å². The standard InChI is InChI=1S/C22H23N5O3/c1-15(30-2)10-13-25-21(28)18-4-3-12-24-20(18)27-14-19(22(29)26-27)17-7-5-16(6-8-17)9-11-23/h3-8,12,14-15H,9-10,13H2,1-2H3,(H,25,28)(H,26,29)/t15-/m1/s1. The van der Waals surface area contributed by atoms with Gasteiger partial charge in [-0.05, 0) is 36.6 Å².